The monoisotopic (exact) mass is 655 g/mol. The Morgan fingerprint density at radius 1 is 1.20 bits per heavy atom. The Labute approximate surface area is 262 Å². The quantitative estimate of drug-likeness (QED) is 0.0855. The predicted molar refractivity (Wildman–Crippen MR) is 163 cm³/mol. The molecule has 1 aliphatic rings. The van der Waals surface area contributed by atoms with Crippen LogP contribution in [0.2, 0.25) is 5.02 Å². The molecule has 1 aromatic heterocycles. The molecule has 0 spiro atoms. The highest BCUT2D eigenvalue weighted by atomic mass is 35.5. The van der Waals surface area contributed by atoms with Crippen LogP contribution in [0.3, 0.4) is 0 Å². The van der Waals surface area contributed by atoms with Crippen molar-refractivity contribution in [2.24, 2.45) is 11.5 Å². The molecule has 8 N–H and O–H groups in total. The first-order valence-corrected chi connectivity index (χ1v) is 14.6. The molecule has 11 nitrogen and oxygen atoms in total. The maximum absolute atomic E-state index is 13.5. The molecule has 15 heteroatoms. The first-order chi connectivity index (χ1) is 21.1. The molecule has 0 aliphatic carbocycles. The number of carboxylic acids is 2. The van der Waals surface area contributed by atoms with Gasteiger partial charge in [-0.2, -0.15) is 13.2 Å². The molecule has 2 atom stereocenters. The van der Waals surface area contributed by atoms with E-state index in [4.69, 9.17) is 48.2 Å². The molecule has 4 rings (SSSR count). The van der Waals surface area contributed by atoms with Gasteiger partial charge in [0, 0.05) is 30.1 Å². The van der Waals surface area contributed by atoms with Gasteiger partial charge in [0.15, 0.2) is 5.96 Å². The molecule has 2 aromatic carbocycles. The molecule has 246 valence electrons. The summed E-state index contributed by atoms with van der Waals surface area (Å²) in [7, 11) is 0. The minimum absolute atomic E-state index is 0.0114. The lowest BCUT2D eigenvalue weighted by Gasteiger charge is -2.17. The third-order valence-electron chi connectivity index (χ3n) is 6.96. The van der Waals surface area contributed by atoms with E-state index >= 15 is 0 Å². The van der Waals surface area contributed by atoms with Crippen molar-refractivity contribution in [2.45, 2.75) is 76.9 Å². The number of aromatic nitrogens is 1. The molecule has 0 bridgehead atoms. The van der Waals surface area contributed by atoms with E-state index < -0.39 is 29.7 Å². The Morgan fingerprint density at radius 3 is 2.51 bits per heavy atom. The number of rotatable bonds is 12. The number of carboxylic acid groups (broad SMARTS) is 2. The van der Waals surface area contributed by atoms with Crippen molar-refractivity contribution < 1.29 is 42.4 Å². The minimum Gasteiger partial charge on any atom is -0.490 e. The van der Waals surface area contributed by atoms with Crippen molar-refractivity contribution in [3.05, 3.63) is 58.2 Å². The minimum atomic E-state index is -4.55. The summed E-state index contributed by atoms with van der Waals surface area (Å²) in [5, 5.41) is 28.1. The van der Waals surface area contributed by atoms with E-state index in [0.29, 0.717) is 48.7 Å². The lowest BCUT2D eigenvalue weighted by molar-refractivity contribution is -0.140. The average Bonchev–Trinajstić information content (AvgIpc) is 3.47. The van der Waals surface area contributed by atoms with Crippen LogP contribution in [0.25, 0.3) is 10.9 Å². The van der Waals surface area contributed by atoms with Gasteiger partial charge in [0.05, 0.1) is 28.6 Å². The molecule has 0 saturated heterocycles. The number of fused-ring (bicyclic) bond motifs is 3. The summed E-state index contributed by atoms with van der Waals surface area (Å²) in [6.45, 7) is 4.43. The number of halogens is 4. The summed E-state index contributed by atoms with van der Waals surface area (Å²) in [5.74, 6) is -1.90. The smallest absolute Gasteiger partial charge is 0.419 e. The fourth-order valence-electron chi connectivity index (χ4n) is 4.95. The molecule has 0 amide bonds. The average molecular weight is 656 g/mol. The number of hydrogen-bond donors (Lipinski definition) is 6. The van der Waals surface area contributed by atoms with Crippen molar-refractivity contribution in [3.63, 3.8) is 0 Å². The van der Waals surface area contributed by atoms with E-state index in [1.807, 2.05) is 10.6 Å². The Morgan fingerprint density at radius 2 is 1.91 bits per heavy atom. The zero-order chi connectivity index (χ0) is 33.5. The van der Waals surface area contributed by atoms with Crippen LogP contribution in [-0.2, 0) is 28.9 Å². The van der Waals surface area contributed by atoms with Gasteiger partial charge in [0.25, 0.3) is 0 Å². The maximum atomic E-state index is 13.5. The largest absolute Gasteiger partial charge is 0.490 e. The molecule has 2 heterocycles. The number of guanidine groups is 1. The van der Waals surface area contributed by atoms with Crippen LogP contribution in [0.4, 0.5) is 13.2 Å². The van der Waals surface area contributed by atoms with E-state index in [0.717, 1.165) is 22.7 Å². The van der Waals surface area contributed by atoms with Gasteiger partial charge in [-0.25, -0.2) is 0 Å². The second-order valence-corrected chi connectivity index (χ2v) is 11.2. The van der Waals surface area contributed by atoms with Crippen LogP contribution in [0, 0.1) is 5.41 Å². The Hall–Kier alpha value is -4.17. The first-order valence-electron chi connectivity index (χ1n) is 14.2. The van der Waals surface area contributed by atoms with Gasteiger partial charge in [-0.05, 0) is 69.0 Å². The number of nitrogens with zero attached hydrogens (tertiary/aromatic N) is 1. The zero-order valence-corrected chi connectivity index (χ0v) is 25.5. The molecule has 0 radical (unpaired) electrons. The van der Waals surface area contributed by atoms with Gasteiger partial charge in [0.1, 0.15) is 24.1 Å². The second kappa shape index (κ2) is 15.2. The van der Waals surface area contributed by atoms with Gasteiger partial charge in [-0.1, -0.05) is 17.7 Å². The molecule has 0 saturated carbocycles. The van der Waals surface area contributed by atoms with Crippen LogP contribution in [0.1, 0.15) is 62.3 Å². The summed E-state index contributed by atoms with van der Waals surface area (Å²) < 4.78 is 53.5. The van der Waals surface area contributed by atoms with E-state index in [1.54, 1.807) is 32.0 Å². The van der Waals surface area contributed by atoms with Crippen molar-refractivity contribution in [1.29, 1.82) is 5.41 Å². The third kappa shape index (κ3) is 9.66. The maximum Gasteiger partial charge on any atom is 0.419 e. The van der Waals surface area contributed by atoms with Crippen LogP contribution in [-0.4, -0.2) is 51.4 Å². The highest BCUT2D eigenvalue weighted by Crippen LogP contribution is 2.44. The Kier molecular flexibility index (Phi) is 11.9. The second-order valence-electron chi connectivity index (χ2n) is 10.8. The fraction of sp³-hybridized carbons (Fsp3) is 0.433. The number of alkyl halides is 3. The van der Waals surface area contributed by atoms with Crippen molar-refractivity contribution in [3.8, 4) is 11.5 Å². The van der Waals surface area contributed by atoms with Gasteiger partial charge >= 0.3 is 18.1 Å². The molecular formula is C30H37ClF3N5O6. The summed E-state index contributed by atoms with van der Waals surface area (Å²) in [4.78, 5) is 21.4. The van der Waals surface area contributed by atoms with Crippen LogP contribution < -0.4 is 26.3 Å². The molecule has 1 aliphatic heterocycles. The van der Waals surface area contributed by atoms with Gasteiger partial charge < -0.3 is 41.0 Å². The van der Waals surface area contributed by atoms with Crippen molar-refractivity contribution >= 4 is 40.4 Å². The number of hydrogen-bond acceptors (Lipinski definition) is 6. The number of nitrogens with two attached hydrogens (primary N) is 2. The van der Waals surface area contributed by atoms with Crippen LogP contribution >= 0.6 is 11.6 Å². The number of nitrogens with one attached hydrogen (secondary N) is 2. The highest BCUT2D eigenvalue weighted by molar-refractivity contribution is 6.36. The molecule has 0 unspecified atom stereocenters. The summed E-state index contributed by atoms with van der Waals surface area (Å²) in [6, 6.07) is 8.37. The molecular weight excluding hydrogens is 619 g/mol. The SMILES string of the molecule is CC(C)Oc1ccc(COc2ccc3c(c2)c(Cl)c2n3CC[C@@H]2CC(=O)O)cc1C(F)(F)F.N=C(N)NCCC[C@H](N)C(=O)O. The highest BCUT2D eigenvalue weighted by Gasteiger charge is 2.35. The predicted octanol–water partition coefficient (Wildman–Crippen LogP) is 5.30. The third-order valence-corrected chi connectivity index (χ3v) is 7.36. The lowest BCUT2D eigenvalue weighted by atomic mass is 10.0. The van der Waals surface area contributed by atoms with E-state index in [-0.39, 0.29) is 36.8 Å². The number of ether oxygens (including phenoxy) is 2. The van der Waals surface area contributed by atoms with E-state index in [1.165, 1.54) is 6.07 Å². The summed E-state index contributed by atoms with van der Waals surface area (Å²) >= 11 is 6.59. The Balaban J connectivity index is 0.000000392. The van der Waals surface area contributed by atoms with Gasteiger partial charge in [-0.3, -0.25) is 15.0 Å². The number of carbonyl (C=O) groups is 2. The summed E-state index contributed by atoms with van der Waals surface area (Å²) in [6.07, 6.45) is -3.23. The number of aryl methyl sites for hydroxylation is 1. The van der Waals surface area contributed by atoms with E-state index in [9.17, 15) is 22.8 Å². The molecule has 3 aromatic rings. The number of benzene rings is 2. The standard InChI is InChI=1S/C24H23ClF3NO4.C6H14N4O2/c1-13(2)33-20-6-3-14(9-18(20)24(26,27)28)12-32-16-4-5-19-17(11-16)22(25)23-15(10-21(30)31)7-8-29(19)23;7-4(5(11)12)2-1-3-10-6(8)9/h3-6,9,11,13,15H,7-8,10,12H2,1-2H3,(H,30,31);4H,1-3,7H2,(H,11,12)(H4,8,9,10)/t15-;4-/m10/s1. The van der Waals surface area contributed by atoms with Gasteiger partial charge in [-0.15, -0.1) is 0 Å². The Bertz CT molecular complexity index is 1530. The van der Waals surface area contributed by atoms with E-state index in [2.05, 4.69) is 5.32 Å². The summed E-state index contributed by atoms with van der Waals surface area (Å²) in [5.41, 5.74) is 11.4. The first kappa shape index (κ1) is 35.3. The fourth-order valence-corrected chi connectivity index (χ4v) is 5.36. The zero-order valence-electron chi connectivity index (χ0n) is 24.8. The van der Waals surface area contributed by atoms with Crippen LogP contribution in [0.5, 0.6) is 11.5 Å². The number of aliphatic carboxylic acids is 2. The molecule has 45 heavy (non-hydrogen) atoms. The van der Waals surface area contributed by atoms with Gasteiger partial charge in [0.2, 0.25) is 0 Å². The molecule has 0 fully saturated rings. The van der Waals surface area contributed by atoms with Crippen molar-refractivity contribution in [1.82, 2.24) is 9.88 Å². The normalized spacial score (nSPS) is 14.8. The van der Waals surface area contributed by atoms with Crippen molar-refractivity contribution in [2.75, 3.05) is 6.54 Å². The lowest BCUT2D eigenvalue weighted by Crippen LogP contribution is -2.34. The topological polar surface area (TPSA) is 186 Å². The van der Waals surface area contributed by atoms with Crippen LogP contribution in [0.15, 0.2) is 36.4 Å².